The highest BCUT2D eigenvalue weighted by Crippen LogP contribution is 2.37. The molecule has 0 spiro atoms. The molecule has 0 amide bonds. The second-order valence-electron chi connectivity index (χ2n) is 6.88. The zero-order chi connectivity index (χ0) is 19.0. The Morgan fingerprint density at radius 1 is 1.22 bits per heavy atom. The average molecular weight is 385 g/mol. The fraction of sp³-hybridized carbons (Fsp3) is 0.400. The monoisotopic (exact) mass is 384 g/mol. The minimum Gasteiger partial charge on any atom is -0.496 e. The summed E-state index contributed by atoms with van der Waals surface area (Å²) in [6, 6.07) is 6.03. The largest absolute Gasteiger partial charge is 0.496 e. The average Bonchev–Trinajstić information content (AvgIpc) is 2.82. The smallest absolute Gasteiger partial charge is 0.261 e. The van der Waals surface area contributed by atoms with Gasteiger partial charge in [0.1, 0.15) is 10.6 Å². The van der Waals surface area contributed by atoms with E-state index in [1.165, 1.54) is 0 Å². The maximum Gasteiger partial charge on any atom is 0.261 e. The molecule has 1 fully saturated rings. The number of rotatable bonds is 3. The van der Waals surface area contributed by atoms with Crippen LogP contribution in [0.5, 0.6) is 5.75 Å². The number of methoxy groups -OCH3 is 1. The third-order valence-electron chi connectivity index (χ3n) is 5.05. The van der Waals surface area contributed by atoms with Crippen LogP contribution < -0.4 is 20.5 Å². The quantitative estimate of drug-likeness (QED) is 0.726. The number of hydrogen-bond donors (Lipinski definition) is 2. The van der Waals surface area contributed by atoms with Crippen molar-refractivity contribution in [2.75, 3.05) is 38.2 Å². The molecule has 3 heterocycles. The van der Waals surface area contributed by atoms with E-state index in [0.717, 1.165) is 64.7 Å². The number of aryl methyl sites for hydroxylation is 2. The predicted molar refractivity (Wildman–Crippen MR) is 111 cm³/mol. The fourth-order valence-corrected chi connectivity index (χ4v) is 4.74. The van der Waals surface area contributed by atoms with Gasteiger partial charge in [-0.3, -0.25) is 9.78 Å². The van der Waals surface area contributed by atoms with Gasteiger partial charge in [0.15, 0.2) is 0 Å². The molecule has 142 valence electrons. The molecule has 7 heteroatoms. The number of H-pyrrole nitrogens is 1. The second-order valence-corrected chi connectivity index (χ2v) is 8.08. The van der Waals surface area contributed by atoms with E-state index >= 15 is 0 Å². The van der Waals surface area contributed by atoms with Crippen molar-refractivity contribution in [1.29, 1.82) is 0 Å². The van der Waals surface area contributed by atoms with E-state index in [4.69, 9.17) is 9.72 Å². The molecule has 2 aromatic heterocycles. The summed E-state index contributed by atoms with van der Waals surface area (Å²) in [4.78, 5) is 24.9. The number of thiophene rings is 1. The van der Waals surface area contributed by atoms with Crippen molar-refractivity contribution in [1.82, 2.24) is 15.3 Å². The standard InChI is InChI=1S/C20H24N4O2S/c1-12-11-14(5-6-15(12)26-3)16-13(2)27-19-17(16)18(25)22-20(23-19)24-9-4-7-21-8-10-24/h5-6,11,21H,4,7-10H2,1-3H3,(H,22,23,25). The number of ether oxygens (including phenoxy) is 1. The van der Waals surface area contributed by atoms with Gasteiger partial charge in [-0.2, -0.15) is 0 Å². The van der Waals surface area contributed by atoms with Gasteiger partial charge < -0.3 is 15.0 Å². The summed E-state index contributed by atoms with van der Waals surface area (Å²) in [5, 5.41) is 4.06. The van der Waals surface area contributed by atoms with Crippen LogP contribution >= 0.6 is 11.3 Å². The van der Waals surface area contributed by atoms with Crippen LogP contribution in [0, 0.1) is 13.8 Å². The lowest BCUT2D eigenvalue weighted by Crippen LogP contribution is -2.31. The lowest BCUT2D eigenvalue weighted by molar-refractivity contribution is 0.412. The number of nitrogens with one attached hydrogen (secondary N) is 2. The van der Waals surface area contributed by atoms with E-state index in [1.807, 2.05) is 19.1 Å². The van der Waals surface area contributed by atoms with Gasteiger partial charge in [0.25, 0.3) is 5.56 Å². The molecule has 27 heavy (non-hydrogen) atoms. The van der Waals surface area contributed by atoms with Gasteiger partial charge in [-0.25, -0.2) is 4.98 Å². The van der Waals surface area contributed by atoms with Crippen LogP contribution in [0.3, 0.4) is 0 Å². The Labute approximate surface area is 162 Å². The second kappa shape index (κ2) is 7.32. The van der Waals surface area contributed by atoms with Crippen molar-refractivity contribution < 1.29 is 4.74 Å². The first-order valence-electron chi connectivity index (χ1n) is 9.22. The Morgan fingerprint density at radius 2 is 2.07 bits per heavy atom. The lowest BCUT2D eigenvalue weighted by atomic mass is 10.0. The van der Waals surface area contributed by atoms with Crippen LogP contribution in [0.15, 0.2) is 23.0 Å². The molecule has 0 radical (unpaired) electrons. The van der Waals surface area contributed by atoms with Crippen LogP contribution in [0.25, 0.3) is 21.3 Å². The Bertz CT molecular complexity index is 1030. The van der Waals surface area contributed by atoms with E-state index in [9.17, 15) is 4.79 Å². The molecule has 3 aromatic rings. The number of aromatic nitrogens is 2. The van der Waals surface area contributed by atoms with Crippen LogP contribution in [0.2, 0.25) is 0 Å². The molecule has 1 aromatic carbocycles. The molecular weight excluding hydrogens is 360 g/mol. The molecule has 0 atom stereocenters. The molecular formula is C20H24N4O2S. The zero-order valence-electron chi connectivity index (χ0n) is 15.9. The van der Waals surface area contributed by atoms with Crippen molar-refractivity contribution in [3.63, 3.8) is 0 Å². The minimum absolute atomic E-state index is 0.0694. The van der Waals surface area contributed by atoms with E-state index in [-0.39, 0.29) is 5.56 Å². The molecule has 1 aliphatic heterocycles. The fourth-order valence-electron chi connectivity index (χ4n) is 3.70. The van der Waals surface area contributed by atoms with Gasteiger partial charge in [-0.05, 0) is 50.1 Å². The van der Waals surface area contributed by atoms with Crippen molar-refractivity contribution in [2.24, 2.45) is 0 Å². The Balaban J connectivity index is 1.82. The van der Waals surface area contributed by atoms with Gasteiger partial charge in [0.05, 0.1) is 12.5 Å². The Morgan fingerprint density at radius 3 is 2.85 bits per heavy atom. The summed E-state index contributed by atoms with van der Waals surface area (Å²) in [6.07, 6.45) is 1.04. The molecule has 1 aliphatic rings. The topological polar surface area (TPSA) is 70.2 Å². The molecule has 0 saturated carbocycles. The third-order valence-corrected chi connectivity index (χ3v) is 6.05. The van der Waals surface area contributed by atoms with E-state index in [2.05, 4.69) is 28.2 Å². The summed E-state index contributed by atoms with van der Waals surface area (Å²) in [5.74, 6) is 1.52. The Hall–Kier alpha value is -2.38. The summed E-state index contributed by atoms with van der Waals surface area (Å²) >= 11 is 1.58. The number of anilines is 1. The van der Waals surface area contributed by atoms with Gasteiger partial charge in [0, 0.05) is 30.1 Å². The van der Waals surface area contributed by atoms with E-state index < -0.39 is 0 Å². The van der Waals surface area contributed by atoms with Crippen LogP contribution in [-0.2, 0) is 0 Å². The summed E-state index contributed by atoms with van der Waals surface area (Å²) in [5.41, 5.74) is 2.97. The summed E-state index contributed by atoms with van der Waals surface area (Å²) < 4.78 is 5.36. The van der Waals surface area contributed by atoms with Gasteiger partial charge >= 0.3 is 0 Å². The zero-order valence-corrected chi connectivity index (χ0v) is 16.7. The van der Waals surface area contributed by atoms with Crippen molar-refractivity contribution in [3.05, 3.63) is 39.0 Å². The minimum atomic E-state index is -0.0694. The number of aromatic amines is 1. The van der Waals surface area contributed by atoms with Gasteiger partial charge in [0.2, 0.25) is 5.95 Å². The Kier molecular flexibility index (Phi) is 4.88. The predicted octanol–water partition coefficient (Wildman–Crippen LogP) is 3.08. The molecule has 0 unspecified atom stereocenters. The molecule has 6 nitrogen and oxygen atoms in total. The highest BCUT2D eigenvalue weighted by Gasteiger charge is 2.19. The first-order chi connectivity index (χ1) is 13.1. The summed E-state index contributed by atoms with van der Waals surface area (Å²) in [6.45, 7) is 7.72. The number of fused-ring (bicyclic) bond motifs is 1. The van der Waals surface area contributed by atoms with Gasteiger partial charge in [-0.1, -0.05) is 6.07 Å². The molecule has 1 saturated heterocycles. The molecule has 0 bridgehead atoms. The van der Waals surface area contributed by atoms with Crippen molar-refractivity contribution in [2.45, 2.75) is 20.3 Å². The third kappa shape index (κ3) is 3.33. The number of benzene rings is 1. The normalized spacial score (nSPS) is 15.1. The first-order valence-corrected chi connectivity index (χ1v) is 10.0. The van der Waals surface area contributed by atoms with E-state index in [1.54, 1.807) is 18.4 Å². The summed E-state index contributed by atoms with van der Waals surface area (Å²) in [7, 11) is 1.67. The van der Waals surface area contributed by atoms with E-state index in [0.29, 0.717) is 11.3 Å². The molecule has 0 aliphatic carbocycles. The number of nitrogens with zero attached hydrogens (tertiary/aromatic N) is 2. The van der Waals surface area contributed by atoms with Crippen LogP contribution in [-0.4, -0.2) is 43.3 Å². The van der Waals surface area contributed by atoms with Crippen LogP contribution in [0.1, 0.15) is 16.9 Å². The maximum atomic E-state index is 13.0. The highest BCUT2D eigenvalue weighted by atomic mass is 32.1. The van der Waals surface area contributed by atoms with Gasteiger partial charge in [-0.15, -0.1) is 11.3 Å². The first kappa shape index (κ1) is 18.0. The molecule has 4 rings (SSSR count). The highest BCUT2D eigenvalue weighted by molar-refractivity contribution is 7.19. The van der Waals surface area contributed by atoms with Crippen LogP contribution in [0.4, 0.5) is 5.95 Å². The van der Waals surface area contributed by atoms with Crippen molar-refractivity contribution >= 4 is 27.5 Å². The lowest BCUT2D eigenvalue weighted by Gasteiger charge is -2.20. The maximum absolute atomic E-state index is 13.0. The number of hydrogen-bond acceptors (Lipinski definition) is 6. The van der Waals surface area contributed by atoms with Crippen molar-refractivity contribution in [3.8, 4) is 16.9 Å². The molecule has 2 N–H and O–H groups in total. The SMILES string of the molecule is COc1ccc(-c2c(C)sc3nc(N4CCCNCC4)[nH]c(=O)c23)cc1C.